The molecule has 1 aliphatic rings. The molecule has 0 aliphatic carbocycles. The van der Waals surface area contributed by atoms with E-state index < -0.39 is 10.2 Å². The second kappa shape index (κ2) is 9.59. The van der Waals surface area contributed by atoms with Gasteiger partial charge in [-0.3, -0.25) is 4.79 Å². The van der Waals surface area contributed by atoms with Gasteiger partial charge in [0.2, 0.25) is 0 Å². The molecule has 2 heterocycles. The molecule has 2 aromatic rings. The van der Waals surface area contributed by atoms with Crippen LogP contribution < -0.4 is 10.1 Å². The normalized spacial score (nSPS) is 16.0. The van der Waals surface area contributed by atoms with Gasteiger partial charge in [-0.25, -0.2) is 4.98 Å². The zero-order valence-electron chi connectivity index (χ0n) is 17.6. The smallest absolute Gasteiger partial charge is 0.281 e. The van der Waals surface area contributed by atoms with Crippen molar-refractivity contribution in [2.24, 2.45) is 0 Å². The van der Waals surface area contributed by atoms with Gasteiger partial charge in [0.15, 0.2) is 0 Å². The second-order valence-corrected chi connectivity index (χ2v) is 9.49. The van der Waals surface area contributed by atoms with E-state index >= 15 is 0 Å². The van der Waals surface area contributed by atoms with Gasteiger partial charge in [0.25, 0.3) is 16.1 Å². The summed E-state index contributed by atoms with van der Waals surface area (Å²) in [5, 5.41) is 2.88. The van der Waals surface area contributed by atoms with Crippen LogP contribution in [0.1, 0.15) is 35.9 Å². The molecular formula is C20H29N5O4S. The molecule has 0 unspecified atom stereocenters. The molecule has 30 heavy (non-hydrogen) atoms. The van der Waals surface area contributed by atoms with Crippen molar-refractivity contribution >= 4 is 16.1 Å². The zero-order valence-corrected chi connectivity index (χ0v) is 18.4. The fourth-order valence-electron chi connectivity index (χ4n) is 3.35. The highest BCUT2D eigenvalue weighted by Crippen LogP contribution is 2.21. The number of nitrogens with zero attached hydrogens (tertiary/aromatic N) is 4. The standard InChI is InChI=1S/C20H29N5O4S/c1-4-24-14-11-21-19(24)15-22-20(26)16-5-7-17(8-6-16)29-18-9-12-25(13-10-18)30(27,28)23(2)3/h5-8,11,14,18H,4,9-10,12-13,15H2,1-3H3,(H,22,26). The number of aryl methyl sites for hydroxylation is 1. The Kier molecular flexibility index (Phi) is 7.11. The summed E-state index contributed by atoms with van der Waals surface area (Å²) in [6.07, 6.45) is 4.80. The van der Waals surface area contributed by atoms with Gasteiger partial charge in [-0.05, 0) is 44.0 Å². The molecular weight excluding hydrogens is 406 g/mol. The van der Waals surface area contributed by atoms with Gasteiger partial charge in [-0.2, -0.15) is 17.0 Å². The first-order chi connectivity index (χ1) is 14.3. The van der Waals surface area contributed by atoms with Gasteiger partial charge in [-0.15, -0.1) is 0 Å². The number of carbonyl (C=O) groups is 1. The van der Waals surface area contributed by atoms with E-state index in [1.54, 1.807) is 30.5 Å². The predicted octanol–water partition coefficient (Wildman–Crippen LogP) is 1.48. The molecule has 0 atom stereocenters. The van der Waals surface area contributed by atoms with Crippen molar-refractivity contribution in [3.8, 4) is 5.75 Å². The maximum Gasteiger partial charge on any atom is 0.281 e. The lowest BCUT2D eigenvalue weighted by molar-refractivity contribution is 0.0949. The lowest BCUT2D eigenvalue weighted by Crippen LogP contribution is -2.46. The monoisotopic (exact) mass is 435 g/mol. The Bertz CT molecular complexity index is 948. The number of benzene rings is 1. The van der Waals surface area contributed by atoms with Gasteiger partial charge in [-0.1, -0.05) is 0 Å². The number of nitrogens with one attached hydrogen (secondary N) is 1. The molecule has 3 rings (SSSR count). The van der Waals surface area contributed by atoms with Crippen LogP contribution in [0.2, 0.25) is 0 Å². The number of ether oxygens (including phenoxy) is 1. The van der Waals surface area contributed by atoms with Gasteiger partial charge in [0.05, 0.1) is 6.54 Å². The average molecular weight is 436 g/mol. The average Bonchev–Trinajstić information content (AvgIpc) is 3.20. The van der Waals surface area contributed by atoms with Crippen LogP contribution in [0.15, 0.2) is 36.7 Å². The summed E-state index contributed by atoms with van der Waals surface area (Å²) in [5.41, 5.74) is 0.545. The van der Waals surface area contributed by atoms with Crippen molar-refractivity contribution in [3.63, 3.8) is 0 Å². The summed E-state index contributed by atoms with van der Waals surface area (Å²) in [6, 6.07) is 6.99. The Balaban J connectivity index is 1.49. The third-order valence-electron chi connectivity index (χ3n) is 5.16. The van der Waals surface area contributed by atoms with Crippen molar-refractivity contribution < 1.29 is 17.9 Å². The molecule has 164 valence electrons. The highest BCUT2D eigenvalue weighted by Gasteiger charge is 2.30. The molecule has 1 N–H and O–H groups in total. The molecule has 0 radical (unpaired) electrons. The van der Waals surface area contributed by atoms with Crippen molar-refractivity contribution in [1.29, 1.82) is 0 Å². The molecule has 1 aliphatic heterocycles. The maximum absolute atomic E-state index is 12.4. The molecule has 1 fully saturated rings. The van der Waals surface area contributed by atoms with E-state index in [2.05, 4.69) is 10.3 Å². The Morgan fingerprint density at radius 2 is 1.90 bits per heavy atom. The first-order valence-corrected chi connectivity index (χ1v) is 11.4. The first-order valence-electron chi connectivity index (χ1n) is 10.0. The molecule has 1 aromatic heterocycles. The summed E-state index contributed by atoms with van der Waals surface area (Å²) in [6.45, 7) is 4.05. The maximum atomic E-state index is 12.4. The largest absolute Gasteiger partial charge is 0.490 e. The fraction of sp³-hybridized carbons (Fsp3) is 0.500. The van der Waals surface area contributed by atoms with Gasteiger partial charge in [0.1, 0.15) is 17.7 Å². The first kappa shape index (κ1) is 22.3. The fourth-order valence-corrected chi connectivity index (χ4v) is 4.48. The number of amides is 1. The molecule has 9 nitrogen and oxygen atoms in total. The van der Waals surface area contributed by atoms with Crippen LogP contribution in [0.25, 0.3) is 0 Å². The van der Waals surface area contributed by atoms with E-state index in [4.69, 9.17) is 4.74 Å². The van der Waals surface area contributed by atoms with E-state index in [0.29, 0.717) is 43.8 Å². The predicted molar refractivity (Wildman–Crippen MR) is 113 cm³/mol. The molecule has 0 bridgehead atoms. The Morgan fingerprint density at radius 3 is 2.50 bits per heavy atom. The number of hydrogen-bond donors (Lipinski definition) is 1. The van der Waals surface area contributed by atoms with Crippen LogP contribution in [-0.4, -0.2) is 65.8 Å². The van der Waals surface area contributed by atoms with Crippen LogP contribution in [0.4, 0.5) is 0 Å². The highest BCUT2D eigenvalue weighted by molar-refractivity contribution is 7.86. The summed E-state index contributed by atoms with van der Waals surface area (Å²) < 4.78 is 35.0. The summed E-state index contributed by atoms with van der Waals surface area (Å²) in [7, 11) is -0.307. The van der Waals surface area contributed by atoms with Gasteiger partial charge in [0, 0.05) is 51.7 Å². The van der Waals surface area contributed by atoms with Crippen molar-refractivity contribution in [2.45, 2.75) is 39.0 Å². The third-order valence-corrected chi connectivity index (χ3v) is 7.10. The van der Waals surface area contributed by atoms with E-state index in [-0.39, 0.29) is 12.0 Å². The Labute approximate surface area is 177 Å². The zero-order chi connectivity index (χ0) is 21.7. The molecule has 0 spiro atoms. The SMILES string of the molecule is CCn1ccnc1CNC(=O)c1ccc(OC2CCN(S(=O)(=O)N(C)C)CC2)cc1. The minimum absolute atomic E-state index is 0.0498. The van der Waals surface area contributed by atoms with E-state index in [9.17, 15) is 13.2 Å². The molecule has 10 heteroatoms. The number of hydrogen-bond acceptors (Lipinski definition) is 5. The Morgan fingerprint density at radius 1 is 1.23 bits per heavy atom. The van der Waals surface area contributed by atoms with Gasteiger partial charge < -0.3 is 14.6 Å². The lowest BCUT2D eigenvalue weighted by Gasteiger charge is -2.32. The quantitative estimate of drug-likeness (QED) is 0.678. The summed E-state index contributed by atoms with van der Waals surface area (Å²) in [5.74, 6) is 1.31. The number of piperidine rings is 1. The van der Waals surface area contributed by atoms with Crippen LogP contribution in [0, 0.1) is 0 Å². The molecule has 0 saturated carbocycles. The van der Waals surface area contributed by atoms with E-state index in [0.717, 1.165) is 12.4 Å². The molecule has 1 amide bonds. The summed E-state index contributed by atoms with van der Waals surface area (Å²) >= 11 is 0. The number of carbonyl (C=O) groups excluding carboxylic acids is 1. The third kappa shape index (κ3) is 5.18. The summed E-state index contributed by atoms with van der Waals surface area (Å²) in [4.78, 5) is 16.6. The number of imidazole rings is 1. The van der Waals surface area contributed by atoms with Crippen LogP contribution in [0.3, 0.4) is 0 Å². The topological polar surface area (TPSA) is 96.8 Å². The van der Waals surface area contributed by atoms with Crippen molar-refractivity contribution in [2.75, 3.05) is 27.2 Å². The lowest BCUT2D eigenvalue weighted by atomic mass is 10.1. The molecule has 1 aromatic carbocycles. The van der Waals surface area contributed by atoms with Crippen LogP contribution in [-0.2, 0) is 23.3 Å². The van der Waals surface area contributed by atoms with Crippen LogP contribution >= 0.6 is 0 Å². The van der Waals surface area contributed by atoms with Crippen molar-refractivity contribution in [3.05, 3.63) is 48.0 Å². The minimum atomic E-state index is -3.38. The van der Waals surface area contributed by atoms with E-state index in [1.165, 1.54) is 22.7 Å². The van der Waals surface area contributed by atoms with E-state index in [1.807, 2.05) is 17.7 Å². The second-order valence-electron chi connectivity index (χ2n) is 7.34. The highest BCUT2D eigenvalue weighted by atomic mass is 32.2. The minimum Gasteiger partial charge on any atom is -0.490 e. The van der Waals surface area contributed by atoms with Gasteiger partial charge >= 0.3 is 0 Å². The Hall–Kier alpha value is -2.43. The number of aromatic nitrogens is 2. The number of rotatable bonds is 8. The molecule has 1 saturated heterocycles. The van der Waals surface area contributed by atoms with Crippen LogP contribution in [0.5, 0.6) is 5.75 Å². The van der Waals surface area contributed by atoms with Crippen molar-refractivity contribution in [1.82, 2.24) is 23.5 Å².